The number of hydrogen-bond acceptors (Lipinski definition) is 3. The summed E-state index contributed by atoms with van der Waals surface area (Å²) in [5.41, 5.74) is 3.91. The van der Waals surface area contributed by atoms with Gasteiger partial charge in [0.15, 0.2) is 0 Å². The molecule has 1 saturated heterocycles. The van der Waals surface area contributed by atoms with E-state index in [-0.39, 0.29) is 18.4 Å². The normalized spacial score (nSPS) is 14.7. The number of benzene rings is 4. The molecular formula is C39H40F3N3O2. The van der Waals surface area contributed by atoms with Gasteiger partial charge in [0.2, 0.25) is 11.8 Å². The largest absolute Gasteiger partial charge is 0.416 e. The first-order valence-corrected chi connectivity index (χ1v) is 16.0. The molecule has 4 aromatic carbocycles. The van der Waals surface area contributed by atoms with E-state index in [1.807, 2.05) is 77.7 Å². The Morgan fingerprint density at radius 2 is 1.32 bits per heavy atom. The summed E-state index contributed by atoms with van der Waals surface area (Å²) in [7, 11) is 0. The lowest BCUT2D eigenvalue weighted by molar-refractivity contribution is -0.145. The van der Waals surface area contributed by atoms with E-state index in [1.165, 1.54) is 35.4 Å². The number of nitrogens with zero attached hydrogens (tertiary/aromatic N) is 3. The van der Waals surface area contributed by atoms with Crippen LogP contribution in [0.2, 0.25) is 0 Å². The van der Waals surface area contributed by atoms with Gasteiger partial charge in [0.25, 0.3) is 0 Å². The highest BCUT2D eigenvalue weighted by molar-refractivity contribution is 5.95. The number of halogens is 3. The van der Waals surface area contributed by atoms with Gasteiger partial charge >= 0.3 is 6.18 Å². The summed E-state index contributed by atoms with van der Waals surface area (Å²) in [5.74, 6) is -0.504. The van der Waals surface area contributed by atoms with Crippen molar-refractivity contribution < 1.29 is 22.8 Å². The Morgan fingerprint density at radius 3 is 1.89 bits per heavy atom. The van der Waals surface area contributed by atoms with Crippen LogP contribution in [0.5, 0.6) is 0 Å². The van der Waals surface area contributed by atoms with Gasteiger partial charge in [-0.05, 0) is 52.4 Å². The second-order valence-corrected chi connectivity index (χ2v) is 11.9. The van der Waals surface area contributed by atoms with Crippen molar-refractivity contribution in [2.45, 2.75) is 45.1 Å². The van der Waals surface area contributed by atoms with Gasteiger partial charge in [0, 0.05) is 51.8 Å². The number of piperazine rings is 1. The number of hydrogen-bond donors (Lipinski definition) is 0. The third-order valence-corrected chi connectivity index (χ3v) is 8.59. The standard InChI is InChI=1S/C39H40F3N3O2/c1-2-30-13-15-34(16-14-30)29-45(37(46)22-19-31-17-20-35(21-18-31)39(40,41)42)36(27-32-9-5-3-6-10-32)38(47)44-25-23-43(24-26-44)28-33-11-7-4-8-12-33/h3-22,36H,2,23-29H2,1H3/b22-19+/t36-/m0/s1. The molecule has 5 nitrogen and oxygen atoms in total. The molecule has 0 aromatic heterocycles. The predicted octanol–water partition coefficient (Wildman–Crippen LogP) is 7.27. The number of aryl methyl sites for hydroxylation is 1. The van der Waals surface area contributed by atoms with E-state index < -0.39 is 17.8 Å². The zero-order valence-corrected chi connectivity index (χ0v) is 26.6. The molecule has 0 unspecified atom stereocenters. The fraction of sp³-hybridized carbons (Fsp3) is 0.282. The van der Waals surface area contributed by atoms with Crippen molar-refractivity contribution in [1.29, 1.82) is 0 Å². The van der Waals surface area contributed by atoms with Crippen molar-refractivity contribution >= 4 is 17.9 Å². The van der Waals surface area contributed by atoms with Crippen LogP contribution in [0.25, 0.3) is 6.08 Å². The average Bonchev–Trinajstić information content (AvgIpc) is 3.10. The van der Waals surface area contributed by atoms with E-state index in [0.29, 0.717) is 25.1 Å². The molecule has 0 spiro atoms. The van der Waals surface area contributed by atoms with Crippen LogP contribution in [-0.2, 0) is 41.7 Å². The van der Waals surface area contributed by atoms with Crippen LogP contribution in [0.4, 0.5) is 13.2 Å². The van der Waals surface area contributed by atoms with Gasteiger partial charge < -0.3 is 9.80 Å². The van der Waals surface area contributed by atoms with Gasteiger partial charge in [0.05, 0.1) is 5.56 Å². The fourth-order valence-corrected chi connectivity index (χ4v) is 5.81. The van der Waals surface area contributed by atoms with Crippen LogP contribution in [0, 0.1) is 0 Å². The molecule has 47 heavy (non-hydrogen) atoms. The third-order valence-electron chi connectivity index (χ3n) is 8.59. The van der Waals surface area contributed by atoms with Crippen molar-refractivity contribution in [3.8, 4) is 0 Å². The minimum Gasteiger partial charge on any atom is -0.338 e. The molecule has 0 bridgehead atoms. The Balaban J connectivity index is 1.41. The molecule has 2 amide bonds. The summed E-state index contributed by atoms with van der Waals surface area (Å²) in [6.45, 7) is 5.63. The van der Waals surface area contributed by atoms with Crippen molar-refractivity contribution in [1.82, 2.24) is 14.7 Å². The topological polar surface area (TPSA) is 43.9 Å². The molecule has 1 aliphatic heterocycles. The summed E-state index contributed by atoms with van der Waals surface area (Å²) in [6.07, 6.45) is -0.380. The number of rotatable bonds is 11. The molecular weight excluding hydrogens is 599 g/mol. The molecule has 4 aromatic rings. The van der Waals surface area contributed by atoms with Crippen molar-refractivity contribution in [3.05, 3.63) is 149 Å². The Bertz CT molecular complexity index is 1610. The Hall–Kier alpha value is -4.69. The second-order valence-electron chi connectivity index (χ2n) is 11.9. The van der Waals surface area contributed by atoms with E-state index >= 15 is 0 Å². The smallest absolute Gasteiger partial charge is 0.338 e. The van der Waals surface area contributed by atoms with Gasteiger partial charge in [-0.25, -0.2) is 0 Å². The lowest BCUT2D eigenvalue weighted by atomic mass is 10.0. The Kier molecular flexibility index (Phi) is 11.3. The van der Waals surface area contributed by atoms with E-state index in [0.717, 1.165) is 49.3 Å². The van der Waals surface area contributed by atoms with Crippen LogP contribution < -0.4 is 0 Å². The summed E-state index contributed by atoms with van der Waals surface area (Å²) in [6, 6.07) is 31.8. The van der Waals surface area contributed by atoms with E-state index in [4.69, 9.17) is 0 Å². The molecule has 5 rings (SSSR count). The minimum atomic E-state index is -4.44. The number of carbonyl (C=O) groups excluding carboxylic acids is 2. The molecule has 0 aliphatic carbocycles. The lowest BCUT2D eigenvalue weighted by Crippen LogP contribution is -2.56. The minimum absolute atomic E-state index is 0.116. The van der Waals surface area contributed by atoms with Gasteiger partial charge in [-0.2, -0.15) is 13.2 Å². The SMILES string of the molecule is CCc1ccc(CN(C(=O)/C=C/c2ccc(C(F)(F)F)cc2)[C@@H](Cc2ccccc2)C(=O)N2CCN(Cc3ccccc3)CC2)cc1. The van der Waals surface area contributed by atoms with Crippen molar-refractivity contribution in [2.75, 3.05) is 26.2 Å². The Morgan fingerprint density at radius 1 is 0.745 bits per heavy atom. The summed E-state index contributed by atoms with van der Waals surface area (Å²) >= 11 is 0. The second kappa shape index (κ2) is 15.7. The maximum Gasteiger partial charge on any atom is 0.416 e. The monoisotopic (exact) mass is 639 g/mol. The molecule has 1 atom stereocenters. The number of carbonyl (C=O) groups is 2. The first-order chi connectivity index (χ1) is 22.7. The quantitative estimate of drug-likeness (QED) is 0.162. The van der Waals surface area contributed by atoms with Gasteiger partial charge in [-0.1, -0.05) is 104 Å². The zero-order chi connectivity index (χ0) is 33.2. The highest BCUT2D eigenvalue weighted by atomic mass is 19.4. The molecule has 1 aliphatic rings. The molecule has 0 saturated carbocycles. The maximum atomic E-state index is 14.4. The average molecular weight is 640 g/mol. The summed E-state index contributed by atoms with van der Waals surface area (Å²) in [4.78, 5) is 34.2. The van der Waals surface area contributed by atoms with Gasteiger partial charge in [-0.15, -0.1) is 0 Å². The highest BCUT2D eigenvalue weighted by Crippen LogP contribution is 2.29. The van der Waals surface area contributed by atoms with Gasteiger partial charge in [-0.3, -0.25) is 14.5 Å². The molecule has 0 radical (unpaired) electrons. The first kappa shape index (κ1) is 33.7. The van der Waals surface area contributed by atoms with Crippen LogP contribution in [0.3, 0.4) is 0 Å². The molecule has 8 heteroatoms. The van der Waals surface area contributed by atoms with E-state index in [9.17, 15) is 22.8 Å². The Labute approximate surface area is 274 Å². The highest BCUT2D eigenvalue weighted by Gasteiger charge is 2.34. The van der Waals surface area contributed by atoms with Crippen LogP contribution in [-0.4, -0.2) is 58.7 Å². The predicted molar refractivity (Wildman–Crippen MR) is 179 cm³/mol. The summed E-state index contributed by atoms with van der Waals surface area (Å²) < 4.78 is 39.3. The van der Waals surface area contributed by atoms with E-state index in [2.05, 4.69) is 24.0 Å². The van der Waals surface area contributed by atoms with Crippen LogP contribution >= 0.6 is 0 Å². The zero-order valence-electron chi connectivity index (χ0n) is 26.6. The number of amides is 2. The molecule has 1 heterocycles. The number of alkyl halides is 3. The summed E-state index contributed by atoms with van der Waals surface area (Å²) in [5, 5.41) is 0. The lowest BCUT2D eigenvalue weighted by Gasteiger charge is -2.39. The van der Waals surface area contributed by atoms with Crippen LogP contribution in [0.1, 0.15) is 40.3 Å². The first-order valence-electron chi connectivity index (χ1n) is 16.0. The van der Waals surface area contributed by atoms with E-state index in [1.54, 1.807) is 4.90 Å². The van der Waals surface area contributed by atoms with Crippen molar-refractivity contribution in [2.24, 2.45) is 0 Å². The van der Waals surface area contributed by atoms with Gasteiger partial charge in [0.1, 0.15) is 6.04 Å². The molecule has 1 fully saturated rings. The third kappa shape index (κ3) is 9.42. The van der Waals surface area contributed by atoms with Crippen LogP contribution in [0.15, 0.2) is 115 Å². The molecule has 0 N–H and O–H groups in total. The fourth-order valence-electron chi connectivity index (χ4n) is 5.81. The van der Waals surface area contributed by atoms with Crippen molar-refractivity contribution in [3.63, 3.8) is 0 Å². The molecule has 244 valence electrons. The maximum absolute atomic E-state index is 14.4.